The Morgan fingerprint density at radius 3 is 2.61 bits per heavy atom. The summed E-state index contributed by atoms with van der Waals surface area (Å²) in [6, 6.07) is 0. The maximum atomic E-state index is 12.8. The van der Waals surface area contributed by atoms with Gasteiger partial charge in [-0.1, -0.05) is 12.1 Å². The zero-order valence-corrected chi connectivity index (χ0v) is 15.8. The number of oxime groups is 1. The maximum Gasteiger partial charge on any atom is 0.415 e. The van der Waals surface area contributed by atoms with E-state index < -0.39 is 18.1 Å². The van der Waals surface area contributed by atoms with Crippen molar-refractivity contribution < 1.29 is 29.1 Å². The summed E-state index contributed by atoms with van der Waals surface area (Å²) in [5.74, 6) is -1.18. The number of allylic oxidation sites excluding steroid dienone is 4. The van der Waals surface area contributed by atoms with E-state index in [1.807, 2.05) is 0 Å². The number of rotatable bonds is 3. The second-order valence-corrected chi connectivity index (χ2v) is 7.03. The van der Waals surface area contributed by atoms with Crippen LogP contribution in [0.15, 0.2) is 28.7 Å². The number of hydrogen-bond acceptors (Lipinski definition) is 8. The Labute approximate surface area is 162 Å². The smallest absolute Gasteiger partial charge is 0.415 e. The van der Waals surface area contributed by atoms with Crippen LogP contribution in [0.1, 0.15) is 19.8 Å². The topological polar surface area (TPSA) is 135 Å². The number of nitrogens with zero attached hydrogens (tertiary/aromatic N) is 3. The molecule has 2 amide bonds. The molecule has 0 aromatic heterocycles. The number of ether oxygens (including phenoxy) is 2. The lowest BCUT2D eigenvalue weighted by Gasteiger charge is -2.31. The normalized spacial score (nSPS) is 27.4. The van der Waals surface area contributed by atoms with Gasteiger partial charge in [0, 0.05) is 24.7 Å². The van der Waals surface area contributed by atoms with Crippen molar-refractivity contribution in [3.05, 3.63) is 23.5 Å². The second kappa shape index (κ2) is 7.91. The van der Waals surface area contributed by atoms with E-state index in [9.17, 15) is 14.4 Å². The molecule has 2 atom stereocenters. The van der Waals surface area contributed by atoms with Crippen LogP contribution in [0.3, 0.4) is 0 Å². The molecular formula is C18H24N4O6. The van der Waals surface area contributed by atoms with E-state index in [0.717, 1.165) is 0 Å². The monoisotopic (exact) mass is 392 g/mol. The summed E-state index contributed by atoms with van der Waals surface area (Å²) in [4.78, 5) is 39.7. The average Bonchev–Trinajstić information content (AvgIpc) is 3.08. The Bertz CT molecular complexity index is 766. The molecule has 28 heavy (non-hydrogen) atoms. The van der Waals surface area contributed by atoms with Crippen molar-refractivity contribution in [1.82, 2.24) is 9.80 Å². The van der Waals surface area contributed by atoms with E-state index in [1.54, 1.807) is 24.0 Å². The molecule has 3 N–H and O–H groups in total. The van der Waals surface area contributed by atoms with Gasteiger partial charge >= 0.3 is 12.1 Å². The highest BCUT2D eigenvalue weighted by molar-refractivity contribution is 6.04. The van der Waals surface area contributed by atoms with Crippen molar-refractivity contribution in [3.63, 3.8) is 0 Å². The van der Waals surface area contributed by atoms with Crippen molar-refractivity contribution in [2.75, 3.05) is 26.7 Å². The Morgan fingerprint density at radius 2 is 2.00 bits per heavy atom. The molecule has 2 unspecified atom stereocenters. The minimum atomic E-state index is -0.923. The van der Waals surface area contributed by atoms with Crippen molar-refractivity contribution in [2.24, 2.45) is 22.7 Å². The van der Waals surface area contributed by atoms with Crippen LogP contribution in [0.4, 0.5) is 4.79 Å². The van der Waals surface area contributed by atoms with Crippen molar-refractivity contribution >= 4 is 23.7 Å². The maximum absolute atomic E-state index is 12.8. The summed E-state index contributed by atoms with van der Waals surface area (Å²) in [5.41, 5.74) is 6.90. The van der Waals surface area contributed by atoms with E-state index >= 15 is 0 Å². The van der Waals surface area contributed by atoms with E-state index in [-0.39, 0.29) is 30.1 Å². The number of carbonyl (C=O) groups excluding carboxylic acids is 3. The lowest BCUT2D eigenvalue weighted by molar-refractivity contribution is -0.150. The third kappa shape index (κ3) is 3.54. The Kier molecular flexibility index (Phi) is 5.57. The van der Waals surface area contributed by atoms with Crippen LogP contribution in [0.2, 0.25) is 0 Å². The van der Waals surface area contributed by atoms with Crippen LogP contribution in [-0.2, 0) is 19.1 Å². The number of cyclic esters (lactones) is 1. The molecule has 3 aliphatic rings. The first-order valence-corrected chi connectivity index (χ1v) is 9.11. The van der Waals surface area contributed by atoms with Crippen LogP contribution in [0, 0.1) is 11.8 Å². The number of carbonyl (C=O) groups is 3. The van der Waals surface area contributed by atoms with Crippen LogP contribution in [-0.4, -0.2) is 71.5 Å². The number of piperidine rings is 1. The molecule has 152 valence electrons. The molecule has 0 spiro atoms. The molecule has 0 saturated carbocycles. The Hall–Kier alpha value is -3.04. The van der Waals surface area contributed by atoms with Gasteiger partial charge in [-0.2, -0.15) is 0 Å². The first-order valence-electron chi connectivity index (χ1n) is 9.11. The molecule has 0 aromatic rings. The highest BCUT2D eigenvalue weighted by Crippen LogP contribution is 2.29. The van der Waals surface area contributed by atoms with Gasteiger partial charge in [0.15, 0.2) is 6.10 Å². The fourth-order valence-corrected chi connectivity index (χ4v) is 3.77. The van der Waals surface area contributed by atoms with E-state index in [2.05, 4.69) is 5.16 Å². The molecule has 0 aromatic carbocycles. The molecule has 3 rings (SSSR count). The first kappa shape index (κ1) is 19.7. The highest BCUT2D eigenvalue weighted by atomic mass is 16.6. The standard InChI is InChI=1S/C18H24N4O6/c1-10-13(4-3-12(19)15(10)20-26)22-9-14(28-18(22)25)16(23)21-7-5-11(6-8-21)17(24)27-2/h3-4,10-11,14,26H,5-9,19H2,1-2H3. The summed E-state index contributed by atoms with van der Waals surface area (Å²) in [5, 5.41) is 12.4. The number of hydrogen-bond donors (Lipinski definition) is 2. The summed E-state index contributed by atoms with van der Waals surface area (Å²) in [7, 11) is 1.35. The van der Waals surface area contributed by atoms with Gasteiger partial charge in [-0.25, -0.2) is 4.79 Å². The predicted molar refractivity (Wildman–Crippen MR) is 97.0 cm³/mol. The minimum absolute atomic E-state index is 0.0667. The lowest BCUT2D eigenvalue weighted by atomic mass is 9.93. The molecule has 2 heterocycles. The highest BCUT2D eigenvalue weighted by Gasteiger charge is 2.42. The minimum Gasteiger partial charge on any atom is -0.469 e. The molecule has 0 bridgehead atoms. The van der Waals surface area contributed by atoms with Gasteiger partial charge in [-0.05, 0) is 25.0 Å². The molecule has 10 heteroatoms. The number of likely N-dealkylation sites (tertiary alicyclic amines) is 1. The fourth-order valence-electron chi connectivity index (χ4n) is 3.77. The molecular weight excluding hydrogens is 368 g/mol. The average molecular weight is 392 g/mol. The summed E-state index contributed by atoms with van der Waals surface area (Å²) in [6.45, 7) is 2.64. The quantitative estimate of drug-likeness (QED) is 0.404. The Balaban J connectivity index is 1.65. The number of amides is 2. The van der Waals surface area contributed by atoms with Crippen LogP contribution in [0.25, 0.3) is 0 Å². The molecule has 10 nitrogen and oxygen atoms in total. The van der Waals surface area contributed by atoms with E-state index in [4.69, 9.17) is 20.4 Å². The van der Waals surface area contributed by atoms with Gasteiger partial charge in [0.1, 0.15) is 5.71 Å². The van der Waals surface area contributed by atoms with Crippen molar-refractivity contribution in [1.29, 1.82) is 0 Å². The van der Waals surface area contributed by atoms with Crippen LogP contribution >= 0.6 is 0 Å². The third-order valence-corrected chi connectivity index (χ3v) is 5.43. The van der Waals surface area contributed by atoms with Crippen LogP contribution < -0.4 is 5.73 Å². The van der Waals surface area contributed by atoms with Crippen molar-refractivity contribution in [3.8, 4) is 0 Å². The second-order valence-electron chi connectivity index (χ2n) is 7.03. The molecule has 2 fully saturated rings. The zero-order chi connectivity index (χ0) is 20.4. The summed E-state index contributed by atoms with van der Waals surface area (Å²) < 4.78 is 10.0. The predicted octanol–water partition coefficient (Wildman–Crippen LogP) is 0.425. The Morgan fingerprint density at radius 1 is 1.32 bits per heavy atom. The summed E-state index contributed by atoms with van der Waals surface area (Å²) in [6.07, 6.45) is 2.69. The SMILES string of the molecule is COC(=O)C1CCN(C(=O)C2CN(C3=CC=C(N)C(=NO)C3C)C(=O)O2)CC1. The van der Waals surface area contributed by atoms with Gasteiger partial charge in [-0.15, -0.1) is 0 Å². The zero-order valence-electron chi connectivity index (χ0n) is 15.8. The fraction of sp³-hybridized carbons (Fsp3) is 0.556. The van der Waals surface area contributed by atoms with Gasteiger partial charge in [0.05, 0.1) is 25.3 Å². The van der Waals surface area contributed by atoms with Gasteiger partial charge in [0.25, 0.3) is 5.91 Å². The number of nitrogens with two attached hydrogens (primary N) is 1. The van der Waals surface area contributed by atoms with E-state index in [0.29, 0.717) is 37.3 Å². The molecule has 2 aliphatic heterocycles. The molecule has 0 radical (unpaired) electrons. The molecule has 2 saturated heterocycles. The largest absolute Gasteiger partial charge is 0.469 e. The van der Waals surface area contributed by atoms with Crippen molar-refractivity contribution in [2.45, 2.75) is 25.9 Å². The first-order chi connectivity index (χ1) is 13.4. The summed E-state index contributed by atoms with van der Waals surface area (Å²) >= 11 is 0. The lowest BCUT2D eigenvalue weighted by Crippen LogP contribution is -2.46. The van der Waals surface area contributed by atoms with Gasteiger partial charge in [0.2, 0.25) is 0 Å². The number of esters is 1. The van der Waals surface area contributed by atoms with E-state index in [1.165, 1.54) is 12.0 Å². The molecule has 1 aliphatic carbocycles. The van der Waals surface area contributed by atoms with Crippen LogP contribution in [0.5, 0.6) is 0 Å². The third-order valence-electron chi connectivity index (χ3n) is 5.43. The van der Waals surface area contributed by atoms with Gasteiger partial charge < -0.3 is 25.3 Å². The number of methoxy groups -OCH3 is 1. The van der Waals surface area contributed by atoms with Gasteiger partial charge in [-0.3, -0.25) is 14.5 Å².